The molecule has 25 heavy (non-hydrogen) atoms. The average molecular weight is 362 g/mol. The summed E-state index contributed by atoms with van der Waals surface area (Å²) < 4.78 is 17.0. The second-order valence-electron chi connectivity index (χ2n) is 6.15. The second-order valence-corrected chi connectivity index (χ2v) is 6.56. The van der Waals surface area contributed by atoms with Crippen LogP contribution in [0.4, 0.5) is 0 Å². The molecule has 2 aromatic carbocycles. The van der Waals surface area contributed by atoms with E-state index in [4.69, 9.17) is 25.8 Å². The van der Waals surface area contributed by atoms with Crippen LogP contribution in [-0.2, 0) is 17.9 Å². The highest BCUT2D eigenvalue weighted by atomic mass is 35.5. The molecule has 1 heterocycles. The average Bonchev–Trinajstić information content (AvgIpc) is 3.15. The van der Waals surface area contributed by atoms with Crippen LogP contribution in [0.5, 0.6) is 11.5 Å². The topological polar surface area (TPSA) is 39.7 Å². The molecule has 1 saturated heterocycles. The predicted octanol–water partition coefficient (Wildman–Crippen LogP) is 4.20. The van der Waals surface area contributed by atoms with Crippen molar-refractivity contribution in [2.45, 2.75) is 32.1 Å². The van der Waals surface area contributed by atoms with Gasteiger partial charge in [0.05, 0.1) is 18.2 Å². The van der Waals surface area contributed by atoms with E-state index in [-0.39, 0.29) is 0 Å². The zero-order valence-electron chi connectivity index (χ0n) is 14.5. The first-order chi connectivity index (χ1) is 12.3. The fourth-order valence-corrected chi connectivity index (χ4v) is 3.22. The molecule has 5 heteroatoms. The highest BCUT2D eigenvalue weighted by Crippen LogP contribution is 2.37. The van der Waals surface area contributed by atoms with Crippen molar-refractivity contribution in [1.82, 2.24) is 5.32 Å². The third-order valence-corrected chi connectivity index (χ3v) is 4.52. The third-order valence-electron chi connectivity index (χ3n) is 4.24. The Morgan fingerprint density at radius 3 is 2.76 bits per heavy atom. The first-order valence-corrected chi connectivity index (χ1v) is 8.99. The van der Waals surface area contributed by atoms with Crippen LogP contribution in [0.3, 0.4) is 0 Å². The Hall–Kier alpha value is -1.75. The van der Waals surface area contributed by atoms with Gasteiger partial charge >= 0.3 is 0 Å². The first kappa shape index (κ1) is 18.1. The fourth-order valence-electron chi connectivity index (χ4n) is 2.93. The Balaban J connectivity index is 1.61. The fraction of sp³-hybridized carbons (Fsp3) is 0.400. The van der Waals surface area contributed by atoms with Crippen molar-refractivity contribution in [1.29, 1.82) is 0 Å². The molecule has 3 rings (SSSR count). The number of rotatable bonds is 8. The first-order valence-electron chi connectivity index (χ1n) is 8.61. The van der Waals surface area contributed by atoms with Gasteiger partial charge in [-0.15, -0.1) is 0 Å². The summed E-state index contributed by atoms with van der Waals surface area (Å²) in [5, 5.41) is 3.98. The van der Waals surface area contributed by atoms with Gasteiger partial charge in [-0.25, -0.2) is 0 Å². The number of hydrogen-bond acceptors (Lipinski definition) is 4. The molecule has 2 aromatic rings. The lowest BCUT2D eigenvalue weighted by Crippen LogP contribution is -2.25. The molecule has 4 nitrogen and oxygen atoms in total. The van der Waals surface area contributed by atoms with Crippen LogP contribution >= 0.6 is 11.6 Å². The Morgan fingerprint density at radius 2 is 2.04 bits per heavy atom. The van der Waals surface area contributed by atoms with Gasteiger partial charge in [0.2, 0.25) is 0 Å². The molecule has 0 unspecified atom stereocenters. The van der Waals surface area contributed by atoms with E-state index in [2.05, 4.69) is 5.32 Å². The zero-order chi connectivity index (χ0) is 17.5. The monoisotopic (exact) mass is 361 g/mol. The smallest absolute Gasteiger partial charge is 0.180 e. The standard InChI is InChI=1S/C20H24ClNO3/c1-23-19-11-16(12-22-13-17-8-5-9-24-17)10-18(21)20(19)25-14-15-6-3-2-4-7-15/h2-4,6-7,10-11,17,22H,5,8-9,12-14H2,1H3/t17-/m1/s1. The molecule has 0 amide bonds. The largest absolute Gasteiger partial charge is 0.493 e. The molecule has 0 spiro atoms. The Labute approximate surface area is 154 Å². The van der Waals surface area contributed by atoms with Crippen LogP contribution in [0.2, 0.25) is 5.02 Å². The van der Waals surface area contributed by atoms with E-state index in [0.717, 1.165) is 43.7 Å². The number of hydrogen-bond donors (Lipinski definition) is 1. The summed E-state index contributed by atoms with van der Waals surface area (Å²) in [6, 6.07) is 13.9. The van der Waals surface area contributed by atoms with Crippen molar-refractivity contribution in [2.75, 3.05) is 20.3 Å². The molecule has 1 N–H and O–H groups in total. The summed E-state index contributed by atoms with van der Waals surface area (Å²) in [4.78, 5) is 0. The van der Waals surface area contributed by atoms with Gasteiger partial charge in [-0.05, 0) is 36.1 Å². The van der Waals surface area contributed by atoms with Crippen LogP contribution in [0.15, 0.2) is 42.5 Å². The van der Waals surface area contributed by atoms with E-state index in [1.54, 1.807) is 7.11 Å². The maximum absolute atomic E-state index is 6.43. The summed E-state index contributed by atoms with van der Waals surface area (Å²) >= 11 is 6.43. The van der Waals surface area contributed by atoms with E-state index in [0.29, 0.717) is 29.2 Å². The van der Waals surface area contributed by atoms with Crippen molar-refractivity contribution < 1.29 is 14.2 Å². The van der Waals surface area contributed by atoms with Crippen molar-refractivity contribution in [3.8, 4) is 11.5 Å². The van der Waals surface area contributed by atoms with Gasteiger partial charge in [0.15, 0.2) is 11.5 Å². The van der Waals surface area contributed by atoms with E-state index in [9.17, 15) is 0 Å². The van der Waals surface area contributed by atoms with E-state index < -0.39 is 0 Å². The maximum atomic E-state index is 6.43. The number of ether oxygens (including phenoxy) is 3. The lowest BCUT2D eigenvalue weighted by molar-refractivity contribution is 0.110. The number of benzene rings is 2. The molecule has 1 fully saturated rings. The number of methoxy groups -OCH3 is 1. The highest BCUT2D eigenvalue weighted by molar-refractivity contribution is 6.32. The van der Waals surface area contributed by atoms with Crippen molar-refractivity contribution in [2.24, 2.45) is 0 Å². The van der Waals surface area contributed by atoms with Crippen LogP contribution in [0, 0.1) is 0 Å². The van der Waals surface area contributed by atoms with Crippen molar-refractivity contribution >= 4 is 11.6 Å². The van der Waals surface area contributed by atoms with E-state index in [1.807, 2.05) is 42.5 Å². The van der Waals surface area contributed by atoms with Crippen LogP contribution in [0.25, 0.3) is 0 Å². The summed E-state index contributed by atoms with van der Waals surface area (Å²) in [6.45, 7) is 2.90. The minimum Gasteiger partial charge on any atom is -0.493 e. The quantitative estimate of drug-likeness (QED) is 0.765. The molecule has 1 aliphatic rings. The minimum absolute atomic E-state index is 0.325. The maximum Gasteiger partial charge on any atom is 0.180 e. The third kappa shape index (κ3) is 5.11. The van der Waals surface area contributed by atoms with Gasteiger partial charge in [0.25, 0.3) is 0 Å². The molecule has 1 aliphatic heterocycles. The lowest BCUT2D eigenvalue weighted by atomic mass is 10.2. The van der Waals surface area contributed by atoms with Gasteiger partial charge < -0.3 is 19.5 Å². The summed E-state index contributed by atoms with van der Waals surface area (Å²) in [5.41, 5.74) is 2.15. The van der Waals surface area contributed by atoms with Gasteiger partial charge in [-0.2, -0.15) is 0 Å². The number of halogens is 1. The Kier molecular flexibility index (Phi) is 6.56. The highest BCUT2D eigenvalue weighted by Gasteiger charge is 2.16. The van der Waals surface area contributed by atoms with Gasteiger partial charge in [-0.3, -0.25) is 0 Å². The Bertz CT molecular complexity index is 672. The van der Waals surface area contributed by atoms with E-state index in [1.165, 1.54) is 0 Å². The van der Waals surface area contributed by atoms with Crippen LogP contribution in [0.1, 0.15) is 24.0 Å². The number of nitrogens with one attached hydrogen (secondary N) is 1. The molecule has 0 aromatic heterocycles. The van der Waals surface area contributed by atoms with Gasteiger partial charge in [0.1, 0.15) is 6.61 Å². The molecular formula is C20H24ClNO3. The molecular weight excluding hydrogens is 338 g/mol. The molecule has 0 bridgehead atoms. The van der Waals surface area contributed by atoms with Crippen molar-refractivity contribution in [3.05, 3.63) is 58.6 Å². The minimum atomic E-state index is 0.325. The normalized spacial score (nSPS) is 16.8. The predicted molar refractivity (Wildman–Crippen MR) is 99.5 cm³/mol. The Morgan fingerprint density at radius 1 is 1.20 bits per heavy atom. The van der Waals surface area contributed by atoms with Gasteiger partial charge in [0, 0.05) is 19.7 Å². The van der Waals surface area contributed by atoms with Crippen molar-refractivity contribution in [3.63, 3.8) is 0 Å². The van der Waals surface area contributed by atoms with Crippen LogP contribution in [-0.4, -0.2) is 26.4 Å². The van der Waals surface area contributed by atoms with Gasteiger partial charge in [-0.1, -0.05) is 41.9 Å². The molecule has 0 radical (unpaired) electrons. The van der Waals surface area contributed by atoms with E-state index >= 15 is 0 Å². The lowest BCUT2D eigenvalue weighted by Gasteiger charge is -2.15. The van der Waals surface area contributed by atoms with Crippen LogP contribution < -0.4 is 14.8 Å². The second kappa shape index (κ2) is 9.09. The molecule has 0 aliphatic carbocycles. The summed E-state index contributed by atoms with van der Waals surface area (Å²) in [5.74, 6) is 1.23. The summed E-state index contributed by atoms with van der Waals surface area (Å²) in [7, 11) is 1.63. The molecule has 0 saturated carbocycles. The SMILES string of the molecule is COc1cc(CNC[C@H]2CCCO2)cc(Cl)c1OCc1ccccc1. The molecule has 134 valence electrons. The summed E-state index contributed by atoms with van der Waals surface area (Å²) in [6.07, 6.45) is 2.61. The molecule has 1 atom stereocenters. The zero-order valence-corrected chi connectivity index (χ0v) is 15.2.